The van der Waals surface area contributed by atoms with E-state index in [-0.39, 0.29) is 23.2 Å². The van der Waals surface area contributed by atoms with Crippen LogP contribution in [0.2, 0.25) is 0 Å². The van der Waals surface area contributed by atoms with E-state index in [0.29, 0.717) is 35.3 Å². The first-order chi connectivity index (χ1) is 14.9. The highest BCUT2D eigenvalue weighted by molar-refractivity contribution is 5.92. The molecule has 2 aromatic carbocycles. The number of carbonyl (C=O) groups is 1. The summed E-state index contributed by atoms with van der Waals surface area (Å²) in [7, 11) is 1.68. The lowest BCUT2D eigenvalue weighted by Gasteiger charge is -2.28. The Morgan fingerprint density at radius 1 is 1.19 bits per heavy atom. The van der Waals surface area contributed by atoms with Gasteiger partial charge in [-0.25, -0.2) is 4.98 Å². The van der Waals surface area contributed by atoms with Gasteiger partial charge in [-0.05, 0) is 49.2 Å². The number of non-ortho nitro benzene ring substituents is 1. The highest BCUT2D eigenvalue weighted by Gasteiger charge is 2.24. The Kier molecular flexibility index (Phi) is 6.59. The maximum absolute atomic E-state index is 12.9. The van der Waals surface area contributed by atoms with Crippen LogP contribution >= 0.6 is 0 Å². The number of nitro benzene ring substituents is 1. The van der Waals surface area contributed by atoms with Gasteiger partial charge in [-0.3, -0.25) is 24.3 Å². The third-order valence-corrected chi connectivity index (χ3v) is 5.23. The summed E-state index contributed by atoms with van der Waals surface area (Å²) in [5.41, 5.74) is 1.15. The molecule has 0 fully saturated rings. The molecule has 0 aliphatic heterocycles. The van der Waals surface area contributed by atoms with Crippen LogP contribution < -0.4 is 5.56 Å². The van der Waals surface area contributed by atoms with Gasteiger partial charge in [-0.15, -0.1) is 0 Å². The van der Waals surface area contributed by atoms with Crippen molar-refractivity contribution in [3.8, 4) is 0 Å². The Labute approximate surface area is 179 Å². The molecule has 0 aliphatic rings. The fourth-order valence-electron chi connectivity index (χ4n) is 3.52. The minimum atomic E-state index is -0.470. The molecular formula is C23H24N4O4. The van der Waals surface area contributed by atoms with Gasteiger partial charge < -0.3 is 4.90 Å². The summed E-state index contributed by atoms with van der Waals surface area (Å²) in [5, 5.41) is 11.3. The fraction of sp³-hybridized carbons (Fsp3) is 0.261. The summed E-state index contributed by atoms with van der Waals surface area (Å²) < 4.78 is 1.61. The molecule has 1 atom stereocenters. The summed E-state index contributed by atoms with van der Waals surface area (Å²) in [6.45, 7) is 4.27. The van der Waals surface area contributed by atoms with E-state index in [1.165, 1.54) is 18.2 Å². The third kappa shape index (κ3) is 4.53. The standard InChI is InChI=1S/C23H24N4O4/c1-4-20(22-24-19-9-7-6-8-18(19)23(29)26(22)5-2)25(3)21(28)15-12-16-10-13-17(14-11-16)27(30)31/h6-15,20H,4-5H2,1-3H3/b15-12+. The average molecular weight is 420 g/mol. The number of nitro groups is 1. The minimum Gasteiger partial charge on any atom is -0.332 e. The number of likely N-dealkylation sites (N-methyl/N-ethyl adjacent to an activating group) is 1. The van der Waals surface area contributed by atoms with E-state index in [0.717, 1.165) is 0 Å². The minimum absolute atomic E-state index is 0.00782. The molecule has 1 unspecified atom stereocenters. The number of carbonyl (C=O) groups excluding carboxylic acids is 1. The third-order valence-electron chi connectivity index (χ3n) is 5.23. The van der Waals surface area contributed by atoms with Crippen molar-refractivity contribution in [3.05, 3.63) is 86.5 Å². The van der Waals surface area contributed by atoms with Gasteiger partial charge >= 0.3 is 0 Å². The van der Waals surface area contributed by atoms with Crippen molar-refractivity contribution in [2.75, 3.05) is 7.05 Å². The largest absolute Gasteiger partial charge is 0.332 e. The quantitative estimate of drug-likeness (QED) is 0.327. The van der Waals surface area contributed by atoms with Gasteiger partial charge in [0.15, 0.2) is 0 Å². The van der Waals surface area contributed by atoms with E-state index in [9.17, 15) is 19.7 Å². The predicted molar refractivity (Wildman–Crippen MR) is 120 cm³/mol. The van der Waals surface area contributed by atoms with Gasteiger partial charge in [0.2, 0.25) is 5.91 Å². The molecule has 0 saturated heterocycles. The zero-order valence-corrected chi connectivity index (χ0v) is 17.7. The number of rotatable bonds is 7. The number of benzene rings is 2. The van der Waals surface area contributed by atoms with Crippen LogP contribution in [0.5, 0.6) is 0 Å². The lowest BCUT2D eigenvalue weighted by Crippen LogP contribution is -2.35. The molecule has 8 nitrogen and oxygen atoms in total. The van der Waals surface area contributed by atoms with Crippen LogP contribution in [0.15, 0.2) is 59.4 Å². The van der Waals surface area contributed by atoms with Gasteiger partial charge in [0.25, 0.3) is 11.2 Å². The van der Waals surface area contributed by atoms with Crippen molar-refractivity contribution in [2.24, 2.45) is 0 Å². The molecule has 3 aromatic rings. The number of aromatic nitrogens is 2. The van der Waals surface area contributed by atoms with E-state index in [1.54, 1.807) is 52.9 Å². The van der Waals surface area contributed by atoms with Crippen molar-refractivity contribution in [1.82, 2.24) is 14.5 Å². The molecule has 3 rings (SSSR count). The highest BCUT2D eigenvalue weighted by Crippen LogP contribution is 2.23. The van der Waals surface area contributed by atoms with E-state index in [2.05, 4.69) is 0 Å². The molecule has 0 N–H and O–H groups in total. The number of fused-ring (bicyclic) bond motifs is 1. The van der Waals surface area contributed by atoms with Crippen LogP contribution in [-0.2, 0) is 11.3 Å². The molecule has 0 aliphatic carbocycles. The molecule has 31 heavy (non-hydrogen) atoms. The second kappa shape index (κ2) is 9.34. The summed E-state index contributed by atoms with van der Waals surface area (Å²) in [4.78, 5) is 42.3. The first-order valence-electron chi connectivity index (χ1n) is 10.1. The van der Waals surface area contributed by atoms with Crippen molar-refractivity contribution < 1.29 is 9.72 Å². The van der Waals surface area contributed by atoms with Gasteiger partial charge in [0.05, 0.1) is 21.9 Å². The number of para-hydroxylation sites is 1. The van der Waals surface area contributed by atoms with Crippen LogP contribution in [0.4, 0.5) is 5.69 Å². The molecule has 8 heteroatoms. The maximum atomic E-state index is 12.9. The summed E-state index contributed by atoms with van der Waals surface area (Å²) >= 11 is 0. The average Bonchev–Trinajstić information content (AvgIpc) is 2.78. The van der Waals surface area contributed by atoms with E-state index >= 15 is 0 Å². The second-order valence-corrected chi connectivity index (χ2v) is 7.09. The van der Waals surface area contributed by atoms with Crippen molar-refractivity contribution >= 4 is 28.6 Å². The van der Waals surface area contributed by atoms with Crippen molar-refractivity contribution in [3.63, 3.8) is 0 Å². The molecule has 0 spiro atoms. The number of hydrogen-bond acceptors (Lipinski definition) is 5. The smallest absolute Gasteiger partial charge is 0.269 e. The van der Waals surface area contributed by atoms with Gasteiger partial charge in [-0.1, -0.05) is 19.1 Å². The Balaban J connectivity index is 1.90. The zero-order chi connectivity index (χ0) is 22.5. The molecule has 0 radical (unpaired) electrons. The van der Waals surface area contributed by atoms with E-state index in [4.69, 9.17) is 4.98 Å². The summed E-state index contributed by atoms with van der Waals surface area (Å²) in [6, 6.07) is 12.7. The van der Waals surface area contributed by atoms with Crippen LogP contribution in [0.1, 0.15) is 37.7 Å². The fourth-order valence-corrected chi connectivity index (χ4v) is 3.52. The van der Waals surface area contributed by atoms with Crippen LogP contribution in [0.25, 0.3) is 17.0 Å². The number of amides is 1. The Morgan fingerprint density at radius 3 is 2.48 bits per heavy atom. The number of hydrogen-bond donors (Lipinski definition) is 0. The molecule has 0 saturated carbocycles. The molecule has 1 heterocycles. The zero-order valence-electron chi connectivity index (χ0n) is 17.7. The normalized spacial score (nSPS) is 12.2. The van der Waals surface area contributed by atoms with Crippen LogP contribution in [0.3, 0.4) is 0 Å². The summed E-state index contributed by atoms with van der Waals surface area (Å²) in [5.74, 6) is 0.295. The predicted octanol–water partition coefficient (Wildman–Crippen LogP) is 3.95. The van der Waals surface area contributed by atoms with E-state index in [1.807, 2.05) is 19.9 Å². The first-order valence-corrected chi connectivity index (χ1v) is 10.1. The number of nitrogens with zero attached hydrogens (tertiary/aromatic N) is 4. The Hall–Kier alpha value is -3.81. The van der Waals surface area contributed by atoms with E-state index < -0.39 is 4.92 Å². The van der Waals surface area contributed by atoms with Gasteiger partial charge in [-0.2, -0.15) is 0 Å². The SMILES string of the molecule is CCC(c1nc2ccccc2c(=O)n1CC)N(C)C(=O)/C=C/c1ccc([N+](=O)[O-])cc1. The first kappa shape index (κ1) is 21.9. The Morgan fingerprint density at radius 2 is 1.87 bits per heavy atom. The van der Waals surface area contributed by atoms with Crippen molar-refractivity contribution in [2.45, 2.75) is 32.9 Å². The molecule has 160 valence electrons. The molecule has 1 amide bonds. The maximum Gasteiger partial charge on any atom is 0.269 e. The monoisotopic (exact) mass is 420 g/mol. The summed E-state index contributed by atoms with van der Waals surface area (Å²) in [6.07, 6.45) is 3.60. The lowest BCUT2D eigenvalue weighted by atomic mass is 10.1. The Bertz CT molecular complexity index is 1200. The van der Waals surface area contributed by atoms with Crippen LogP contribution in [0, 0.1) is 10.1 Å². The second-order valence-electron chi connectivity index (χ2n) is 7.09. The van der Waals surface area contributed by atoms with Gasteiger partial charge in [0.1, 0.15) is 5.82 Å². The molecule has 0 bridgehead atoms. The van der Waals surface area contributed by atoms with Crippen molar-refractivity contribution in [1.29, 1.82) is 0 Å². The topological polar surface area (TPSA) is 98.3 Å². The van der Waals surface area contributed by atoms with Crippen LogP contribution in [-0.4, -0.2) is 32.3 Å². The van der Waals surface area contributed by atoms with Gasteiger partial charge in [0, 0.05) is 31.8 Å². The molecular weight excluding hydrogens is 396 g/mol. The lowest BCUT2D eigenvalue weighted by molar-refractivity contribution is -0.384. The molecule has 1 aromatic heterocycles. The highest BCUT2D eigenvalue weighted by atomic mass is 16.6.